The van der Waals surface area contributed by atoms with E-state index in [0.29, 0.717) is 19.4 Å². The van der Waals surface area contributed by atoms with Crippen molar-refractivity contribution in [1.29, 1.82) is 0 Å². The quantitative estimate of drug-likeness (QED) is 0.166. The summed E-state index contributed by atoms with van der Waals surface area (Å²) in [5.74, 6) is 0.249. The first-order valence-corrected chi connectivity index (χ1v) is 14.8. The van der Waals surface area contributed by atoms with Crippen LogP contribution in [0.1, 0.15) is 135 Å². The number of nitrogens with zero attached hydrogens (tertiary/aromatic N) is 1. The molecular weight excluding hydrogens is 440 g/mol. The van der Waals surface area contributed by atoms with E-state index in [-0.39, 0.29) is 30.5 Å². The number of amides is 2. The summed E-state index contributed by atoms with van der Waals surface area (Å²) in [7, 11) is 1.68. The van der Waals surface area contributed by atoms with Crippen LogP contribution in [0.15, 0.2) is 0 Å². The Labute approximate surface area is 215 Å². The summed E-state index contributed by atoms with van der Waals surface area (Å²) < 4.78 is 5.23. The van der Waals surface area contributed by atoms with Gasteiger partial charge in [0.2, 0.25) is 11.8 Å². The van der Waals surface area contributed by atoms with Crippen LogP contribution < -0.4 is 5.32 Å². The Kier molecular flexibility index (Phi) is 20.1. The molecule has 35 heavy (non-hydrogen) atoms. The molecule has 1 rings (SSSR count). The molecule has 0 aromatic rings. The molecule has 1 aliphatic rings. The fourth-order valence-corrected chi connectivity index (χ4v) is 5.15. The molecule has 1 fully saturated rings. The molecule has 2 amide bonds. The van der Waals surface area contributed by atoms with E-state index in [1.54, 1.807) is 7.11 Å². The summed E-state index contributed by atoms with van der Waals surface area (Å²) in [5, 5.41) is 12.6. The fourth-order valence-electron chi connectivity index (χ4n) is 5.15. The predicted molar refractivity (Wildman–Crippen MR) is 144 cm³/mol. The van der Waals surface area contributed by atoms with Gasteiger partial charge in [-0.15, -0.1) is 0 Å². The molecule has 2 atom stereocenters. The molecule has 0 aromatic carbocycles. The Bertz CT molecular complexity index is 529. The van der Waals surface area contributed by atoms with Crippen molar-refractivity contribution in [2.75, 3.05) is 26.9 Å². The Morgan fingerprint density at radius 1 is 0.886 bits per heavy atom. The molecule has 0 radical (unpaired) electrons. The van der Waals surface area contributed by atoms with Crippen molar-refractivity contribution >= 4 is 11.8 Å². The van der Waals surface area contributed by atoms with Gasteiger partial charge in [0.1, 0.15) is 0 Å². The average Bonchev–Trinajstić information content (AvgIpc) is 3.32. The smallest absolute Gasteiger partial charge is 0.222 e. The second-order valence-electron chi connectivity index (χ2n) is 10.5. The summed E-state index contributed by atoms with van der Waals surface area (Å²) in [5.41, 5.74) is 0. The second kappa shape index (κ2) is 22.1. The second-order valence-corrected chi connectivity index (χ2v) is 10.5. The van der Waals surface area contributed by atoms with Crippen molar-refractivity contribution < 1.29 is 19.4 Å². The molecular formula is C29H56N2O4. The number of nitrogens with one attached hydrogen (secondary N) is 1. The van der Waals surface area contributed by atoms with Crippen molar-refractivity contribution in [3.63, 3.8) is 0 Å². The number of carbonyl (C=O) groups is 2. The van der Waals surface area contributed by atoms with Gasteiger partial charge in [0.15, 0.2) is 0 Å². The van der Waals surface area contributed by atoms with Crippen molar-refractivity contribution in [3.8, 4) is 0 Å². The van der Waals surface area contributed by atoms with E-state index in [2.05, 4.69) is 12.2 Å². The van der Waals surface area contributed by atoms with Crippen molar-refractivity contribution in [3.05, 3.63) is 0 Å². The third-order valence-corrected chi connectivity index (χ3v) is 7.34. The molecule has 0 aliphatic carbocycles. The van der Waals surface area contributed by atoms with Gasteiger partial charge in [-0.3, -0.25) is 9.59 Å². The molecule has 0 spiro atoms. The van der Waals surface area contributed by atoms with Crippen LogP contribution in [0.4, 0.5) is 0 Å². The zero-order valence-corrected chi connectivity index (χ0v) is 23.0. The lowest BCUT2D eigenvalue weighted by molar-refractivity contribution is -0.133. The highest BCUT2D eigenvalue weighted by Crippen LogP contribution is 2.19. The Morgan fingerprint density at radius 3 is 2.03 bits per heavy atom. The average molecular weight is 497 g/mol. The van der Waals surface area contributed by atoms with Crippen LogP contribution in [0.5, 0.6) is 0 Å². The van der Waals surface area contributed by atoms with Crippen LogP contribution >= 0.6 is 0 Å². The van der Waals surface area contributed by atoms with Gasteiger partial charge >= 0.3 is 0 Å². The molecule has 1 saturated heterocycles. The van der Waals surface area contributed by atoms with E-state index in [4.69, 9.17) is 4.74 Å². The zero-order valence-electron chi connectivity index (χ0n) is 23.0. The van der Waals surface area contributed by atoms with Crippen LogP contribution in [-0.4, -0.2) is 60.8 Å². The maximum Gasteiger partial charge on any atom is 0.222 e. The molecule has 206 valence electrons. The first-order chi connectivity index (χ1) is 17.1. The predicted octanol–water partition coefficient (Wildman–Crippen LogP) is 6.14. The van der Waals surface area contributed by atoms with Gasteiger partial charge < -0.3 is 20.1 Å². The number of unbranched alkanes of at least 4 members (excludes halogenated alkanes) is 13. The Hall–Kier alpha value is -1.14. The topological polar surface area (TPSA) is 78.9 Å². The molecule has 0 bridgehead atoms. The molecule has 1 aliphatic heterocycles. The number of methoxy groups -OCH3 is 1. The number of aliphatic hydroxyl groups is 1. The van der Waals surface area contributed by atoms with Crippen molar-refractivity contribution in [2.45, 2.75) is 147 Å². The highest BCUT2D eigenvalue weighted by atomic mass is 16.5. The lowest BCUT2D eigenvalue weighted by Gasteiger charge is -2.24. The van der Waals surface area contributed by atoms with Crippen LogP contribution in [0.25, 0.3) is 0 Å². The van der Waals surface area contributed by atoms with Gasteiger partial charge in [-0.2, -0.15) is 0 Å². The van der Waals surface area contributed by atoms with Gasteiger partial charge in [0.05, 0.1) is 25.3 Å². The normalized spacial score (nSPS) is 16.5. The van der Waals surface area contributed by atoms with E-state index < -0.39 is 0 Å². The number of ether oxygens (including phenoxy) is 1. The van der Waals surface area contributed by atoms with Crippen LogP contribution in [0.3, 0.4) is 0 Å². The first-order valence-electron chi connectivity index (χ1n) is 14.8. The molecule has 2 N–H and O–H groups in total. The molecule has 0 saturated carbocycles. The minimum Gasteiger partial charge on any atom is -0.394 e. The maximum atomic E-state index is 12.5. The van der Waals surface area contributed by atoms with E-state index in [1.165, 1.54) is 70.6 Å². The number of hydrogen-bond donors (Lipinski definition) is 2. The van der Waals surface area contributed by atoms with E-state index >= 15 is 0 Å². The first kappa shape index (κ1) is 31.9. The van der Waals surface area contributed by atoms with E-state index in [1.807, 2.05) is 4.90 Å². The summed E-state index contributed by atoms with van der Waals surface area (Å²) in [6.07, 6.45) is 22.4. The fraction of sp³-hybridized carbons (Fsp3) is 0.931. The Balaban J connectivity index is 1.98. The van der Waals surface area contributed by atoms with Crippen molar-refractivity contribution in [1.82, 2.24) is 10.2 Å². The van der Waals surface area contributed by atoms with Crippen LogP contribution in [0.2, 0.25) is 0 Å². The summed E-state index contributed by atoms with van der Waals surface area (Å²) >= 11 is 0. The van der Waals surface area contributed by atoms with Crippen LogP contribution in [0, 0.1) is 0 Å². The number of likely N-dealkylation sites (tertiary alicyclic amines) is 1. The van der Waals surface area contributed by atoms with Gasteiger partial charge in [-0.1, -0.05) is 90.4 Å². The molecule has 6 nitrogen and oxygen atoms in total. The Morgan fingerprint density at radius 2 is 1.46 bits per heavy atom. The molecule has 1 unspecified atom stereocenters. The zero-order chi connectivity index (χ0) is 25.6. The number of rotatable bonds is 23. The van der Waals surface area contributed by atoms with Gasteiger partial charge in [0, 0.05) is 26.5 Å². The minimum absolute atomic E-state index is 0.0413. The third kappa shape index (κ3) is 16.3. The highest BCUT2D eigenvalue weighted by Gasteiger charge is 2.27. The standard InChI is InChI=1S/C29H56N2O4/c1-3-4-5-6-7-8-9-10-11-12-13-14-15-21-28(33)30-26(24-32)19-16-17-22-29(34)31-23-18-20-27(31)25-35-2/h26-27,32H,3-25H2,1-2H3,(H,30,33)/t26?,27-/m0/s1. The third-order valence-electron chi connectivity index (χ3n) is 7.34. The SMILES string of the molecule is CCCCCCCCCCCCCCCC(=O)NC(CO)CCCCC(=O)N1CCC[C@H]1COC. The molecule has 6 heteroatoms. The van der Waals surface area contributed by atoms with Crippen LogP contribution in [-0.2, 0) is 14.3 Å². The number of carbonyl (C=O) groups excluding carboxylic acids is 2. The van der Waals surface area contributed by atoms with E-state index in [0.717, 1.165) is 51.5 Å². The van der Waals surface area contributed by atoms with Gasteiger partial charge in [0.25, 0.3) is 0 Å². The maximum absolute atomic E-state index is 12.5. The lowest BCUT2D eigenvalue weighted by Crippen LogP contribution is -2.38. The van der Waals surface area contributed by atoms with Gasteiger partial charge in [-0.05, 0) is 32.1 Å². The molecule has 0 aromatic heterocycles. The minimum atomic E-state index is -0.201. The summed E-state index contributed by atoms with van der Waals surface area (Å²) in [6, 6.07) is 0.0229. The lowest BCUT2D eigenvalue weighted by atomic mass is 10.0. The van der Waals surface area contributed by atoms with E-state index in [9.17, 15) is 14.7 Å². The number of aliphatic hydroxyl groups excluding tert-OH is 1. The summed E-state index contributed by atoms with van der Waals surface area (Å²) in [6.45, 7) is 3.67. The highest BCUT2D eigenvalue weighted by molar-refractivity contribution is 5.77. The number of hydrogen-bond acceptors (Lipinski definition) is 4. The monoisotopic (exact) mass is 496 g/mol. The summed E-state index contributed by atoms with van der Waals surface area (Å²) in [4.78, 5) is 26.7. The van der Waals surface area contributed by atoms with Crippen molar-refractivity contribution in [2.24, 2.45) is 0 Å². The van der Waals surface area contributed by atoms with Gasteiger partial charge in [-0.25, -0.2) is 0 Å². The molecule has 1 heterocycles. The largest absolute Gasteiger partial charge is 0.394 e.